The van der Waals surface area contributed by atoms with Gasteiger partial charge in [-0.15, -0.1) is 10.2 Å². The monoisotopic (exact) mass is 363 g/mol. The van der Waals surface area contributed by atoms with E-state index in [9.17, 15) is 14.4 Å². The second-order valence-corrected chi connectivity index (χ2v) is 6.66. The quantitative estimate of drug-likeness (QED) is 0.715. The average molecular weight is 363 g/mol. The molecule has 136 valence electrons. The molecule has 0 bridgehead atoms. The SMILES string of the molecule is CC(C)[C@@H](C(=O)Nc1nnc2ccccn12)N1C(=O)c2ccccc2C1=O. The highest BCUT2D eigenvalue weighted by Crippen LogP contribution is 2.27. The first-order chi connectivity index (χ1) is 13.0. The Morgan fingerprint density at radius 1 is 0.963 bits per heavy atom. The van der Waals surface area contributed by atoms with E-state index in [1.807, 2.05) is 6.07 Å². The van der Waals surface area contributed by atoms with Crippen LogP contribution >= 0.6 is 0 Å². The van der Waals surface area contributed by atoms with Gasteiger partial charge in [0.2, 0.25) is 11.9 Å². The Labute approximate surface area is 154 Å². The van der Waals surface area contributed by atoms with Crippen molar-refractivity contribution in [2.24, 2.45) is 5.92 Å². The van der Waals surface area contributed by atoms with Crippen molar-refractivity contribution < 1.29 is 14.4 Å². The Morgan fingerprint density at radius 3 is 2.22 bits per heavy atom. The van der Waals surface area contributed by atoms with Crippen molar-refractivity contribution >= 4 is 29.3 Å². The maximum atomic E-state index is 13.0. The number of rotatable bonds is 4. The van der Waals surface area contributed by atoms with Crippen LogP contribution in [0.5, 0.6) is 0 Å². The molecule has 0 fully saturated rings. The van der Waals surface area contributed by atoms with Crippen LogP contribution in [0.25, 0.3) is 5.65 Å². The molecule has 4 rings (SSSR count). The van der Waals surface area contributed by atoms with Gasteiger partial charge in [-0.1, -0.05) is 32.0 Å². The topological polar surface area (TPSA) is 96.7 Å². The first kappa shape index (κ1) is 16.9. The number of nitrogens with one attached hydrogen (secondary N) is 1. The van der Waals surface area contributed by atoms with Crippen LogP contribution in [0.15, 0.2) is 48.7 Å². The van der Waals surface area contributed by atoms with Crippen LogP contribution in [-0.2, 0) is 4.79 Å². The Bertz CT molecular complexity index is 1040. The van der Waals surface area contributed by atoms with E-state index in [-0.39, 0.29) is 11.9 Å². The van der Waals surface area contributed by atoms with E-state index < -0.39 is 23.8 Å². The lowest BCUT2D eigenvalue weighted by Gasteiger charge is -2.28. The summed E-state index contributed by atoms with van der Waals surface area (Å²) in [6.45, 7) is 3.57. The van der Waals surface area contributed by atoms with Gasteiger partial charge >= 0.3 is 0 Å². The smallest absolute Gasteiger partial charge is 0.262 e. The van der Waals surface area contributed by atoms with Crippen LogP contribution in [-0.4, -0.2) is 43.3 Å². The molecule has 0 radical (unpaired) electrons. The number of hydrogen-bond donors (Lipinski definition) is 1. The van der Waals surface area contributed by atoms with E-state index in [0.717, 1.165) is 4.90 Å². The Kier molecular flexibility index (Phi) is 3.95. The number of imide groups is 1. The van der Waals surface area contributed by atoms with E-state index >= 15 is 0 Å². The van der Waals surface area contributed by atoms with E-state index in [4.69, 9.17) is 0 Å². The van der Waals surface area contributed by atoms with Crippen molar-refractivity contribution in [2.75, 3.05) is 5.32 Å². The molecule has 3 heterocycles. The summed E-state index contributed by atoms with van der Waals surface area (Å²) in [6.07, 6.45) is 1.72. The number of benzene rings is 1. The summed E-state index contributed by atoms with van der Waals surface area (Å²) in [5.74, 6) is -1.46. The van der Waals surface area contributed by atoms with E-state index in [1.54, 1.807) is 60.8 Å². The van der Waals surface area contributed by atoms with Crippen molar-refractivity contribution in [3.8, 4) is 0 Å². The van der Waals surface area contributed by atoms with Gasteiger partial charge in [0.25, 0.3) is 11.8 Å². The van der Waals surface area contributed by atoms with Crippen LogP contribution in [0.3, 0.4) is 0 Å². The summed E-state index contributed by atoms with van der Waals surface area (Å²) >= 11 is 0. The van der Waals surface area contributed by atoms with Crippen molar-refractivity contribution in [1.82, 2.24) is 19.5 Å². The van der Waals surface area contributed by atoms with Gasteiger partial charge in [0.05, 0.1) is 11.1 Å². The molecule has 1 N–H and O–H groups in total. The molecule has 0 spiro atoms. The van der Waals surface area contributed by atoms with Gasteiger partial charge in [-0.3, -0.25) is 29.0 Å². The highest BCUT2D eigenvalue weighted by atomic mass is 16.2. The van der Waals surface area contributed by atoms with E-state index in [1.165, 1.54) is 0 Å². The van der Waals surface area contributed by atoms with Crippen LogP contribution in [0.2, 0.25) is 0 Å². The first-order valence-corrected chi connectivity index (χ1v) is 8.56. The van der Waals surface area contributed by atoms with Crippen molar-refractivity contribution in [2.45, 2.75) is 19.9 Å². The summed E-state index contributed by atoms with van der Waals surface area (Å²) in [7, 11) is 0. The zero-order valence-corrected chi connectivity index (χ0v) is 14.8. The van der Waals surface area contributed by atoms with Gasteiger partial charge in [-0.25, -0.2) is 0 Å². The largest absolute Gasteiger partial charge is 0.292 e. The maximum Gasteiger partial charge on any atom is 0.262 e. The van der Waals surface area contributed by atoms with Gasteiger partial charge in [-0.2, -0.15) is 0 Å². The molecule has 2 aromatic heterocycles. The van der Waals surface area contributed by atoms with E-state index in [0.29, 0.717) is 16.8 Å². The van der Waals surface area contributed by atoms with Crippen molar-refractivity contribution in [3.63, 3.8) is 0 Å². The molecular weight excluding hydrogens is 346 g/mol. The van der Waals surface area contributed by atoms with Crippen LogP contribution in [0.1, 0.15) is 34.6 Å². The van der Waals surface area contributed by atoms with Gasteiger partial charge in [0.1, 0.15) is 6.04 Å². The number of aromatic nitrogens is 3. The third-order valence-electron chi connectivity index (χ3n) is 4.55. The predicted octanol–water partition coefficient (Wildman–Crippen LogP) is 1.99. The molecule has 0 aliphatic carbocycles. The second kappa shape index (κ2) is 6.31. The molecular formula is C19H17N5O3. The third kappa shape index (κ3) is 2.66. The molecule has 3 amide bonds. The molecule has 0 saturated carbocycles. The minimum atomic E-state index is -0.964. The lowest BCUT2D eigenvalue weighted by atomic mass is 10.0. The molecule has 0 saturated heterocycles. The number of nitrogens with zero attached hydrogens (tertiary/aromatic N) is 4. The highest BCUT2D eigenvalue weighted by molar-refractivity contribution is 6.23. The maximum absolute atomic E-state index is 13.0. The first-order valence-electron chi connectivity index (χ1n) is 8.56. The molecule has 8 heteroatoms. The minimum absolute atomic E-state index is 0.234. The summed E-state index contributed by atoms with van der Waals surface area (Å²) in [4.78, 5) is 39.6. The van der Waals surface area contributed by atoms with Gasteiger partial charge in [0, 0.05) is 6.20 Å². The number of amides is 3. The number of carbonyl (C=O) groups excluding carboxylic acids is 3. The Hall–Kier alpha value is -3.55. The molecule has 3 aromatic rings. The molecule has 8 nitrogen and oxygen atoms in total. The number of fused-ring (bicyclic) bond motifs is 2. The molecule has 0 unspecified atom stereocenters. The zero-order valence-electron chi connectivity index (χ0n) is 14.8. The number of carbonyl (C=O) groups is 3. The summed E-state index contributed by atoms with van der Waals surface area (Å²) in [6, 6.07) is 11.0. The lowest BCUT2D eigenvalue weighted by Crippen LogP contribution is -2.50. The highest BCUT2D eigenvalue weighted by Gasteiger charge is 2.44. The third-order valence-corrected chi connectivity index (χ3v) is 4.55. The van der Waals surface area contributed by atoms with Crippen molar-refractivity contribution in [1.29, 1.82) is 0 Å². The summed E-state index contributed by atoms with van der Waals surface area (Å²) in [5, 5.41) is 10.7. The molecule has 1 atom stereocenters. The Balaban J connectivity index is 1.66. The predicted molar refractivity (Wildman–Crippen MR) is 97.2 cm³/mol. The van der Waals surface area contributed by atoms with Gasteiger partial charge in [0.15, 0.2) is 5.65 Å². The molecule has 1 aliphatic heterocycles. The normalized spacial score (nSPS) is 14.7. The summed E-state index contributed by atoms with van der Waals surface area (Å²) in [5.41, 5.74) is 1.21. The lowest BCUT2D eigenvalue weighted by molar-refractivity contribution is -0.121. The average Bonchev–Trinajstić information content (AvgIpc) is 3.17. The number of hydrogen-bond acceptors (Lipinski definition) is 5. The van der Waals surface area contributed by atoms with Gasteiger partial charge in [-0.05, 0) is 30.2 Å². The van der Waals surface area contributed by atoms with Crippen molar-refractivity contribution in [3.05, 3.63) is 59.8 Å². The van der Waals surface area contributed by atoms with Crippen LogP contribution < -0.4 is 5.32 Å². The summed E-state index contributed by atoms with van der Waals surface area (Å²) < 4.78 is 1.62. The fourth-order valence-corrected chi connectivity index (χ4v) is 3.29. The number of anilines is 1. The van der Waals surface area contributed by atoms with Crippen LogP contribution in [0, 0.1) is 5.92 Å². The Morgan fingerprint density at radius 2 is 1.59 bits per heavy atom. The molecule has 27 heavy (non-hydrogen) atoms. The fraction of sp³-hybridized carbons (Fsp3) is 0.211. The second-order valence-electron chi connectivity index (χ2n) is 6.66. The molecule has 1 aromatic carbocycles. The minimum Gasteiger partial charge on any atom is -0.292 e. The fourth-order valence-electron chi connectivity index (χ4n) is 3.29. The standard InChI is InChI=1S/C19H17N5O3/c1-11(2)15(24-17(26)12-7-3-4-8-13(12)18(24)27)16(25)20-19-22-21-14-9-5-6-10-23(14)19/h3-11,15H,1-2H3,(H,20,22,25)/t15-/m0/s1. The zero-order chi connectivity index (χ0) is 19.1. The van der Waals surface area contributed by atoms with Crippen LogP contribution in [0.4, 0.5) is 5.95 Å². The van der Waals surface area contributed by atoms with E-state index in [2.05, 4.69) is 15.5 Å². The molecule has 1 aliphatic rings. The van der Waals surface area contributed by atoms with Gasteiger partial charge < -0.3 is 0 Å². The number of pyridine rings is 1.